The summed E-state index contributed by atoms with van der Waals surface area (Å²) in [5, 5.41) is 6.26. The lowest BCUT2D eigenvalue weighted by molar-refractivity contribution is 0.665. The first-order valence-corrected chi connectivity index (χ1v) is 5.85. The second-order valence-electron chi connectivity index (χ2n) is 3.06. The molecule has 0 spiro atoms. The zero-order valence-electron chi connectivity index (χ0n) is 7.70. The van der Waals surface area contributed by atoms with E-state index in [0.29, 0.717) is 0 Å². The molecule has 2 heterocycles. The fourth-order valence-electron chi connectivity index (χ4n) is 1.21. The summed E-state index contributed by atoms with van der Waals surface area (Å²) < 4.78 is 3.06. The van der Waals surface area contributed by atoms with Crippen LogP contribution in [0, 0.1) is 6.92 Å². The molecule has 2 N–H and O–H groups in total. The predicted molar refractivity (Wildman–Crippen MR) is 62.5 cm³/mol. The van der Waals surface area contributed by atoms with E-state index in [4.69, 9.17) is 5.73 Å². The molecular formula is C9H10BrN3S. The summed E-state index contributed by atoms with van der Waals surface area (Å²) in [5.41, 5.74) is 8.72. The first-order chi connectivity index (χ1) is 6.68. The van der Waals surface area contributed by atoms with Gasteiger partial charge in [-0.15, -0.1) is 11.3 Å². The average Bonchev–Trinajstić information content (AvgIpc) is 2.68. The molecule has 0 saturated heterocycles. The molecule has 2 rings (SSSR count). The number of rotatable bonds is 2. The number of halogens is 1. The topological polar surface area (TPSA) is 43.8 Å². The Hall–Kier alpha value is -0.810. The highest BCUT2D eigenvalue weighted by atomic mass is 79.9. The van der Waals surface area contributed by atoms with Gasteiger partial charge >= 0.3 is 0 Å². The quantitative estimate of drug-likeness (QED) is 0.913. The molecule has 0 aliphatic carbocycles. The molecule has 2 aromatic rings. The van der Waals surface area contributed by atoms with Gasteiger partial charge in [-0.3, -0.25) is 4.68 Å². The van der Waals surface area contributed by atoms with Crippen molar-refractivity contribution < 1.29 is 0 Å². The van der Waals surface area contributed by atoms with Crippen LogP contribution in [0.3, 0.4) is 0 Å². The van der Waals surface area contributed by atoms with Crippen molar-refractivity contribution in [1.82, 2.24) is 9.78 Å². The van der Waals surface area contributed by atoms with E-state index in [2.05, 4.69) is 32.5 Å². The van der Waals surface area contributed by atoms with Gasteiger partial charge in [0.25, 0.3) is 0 Å². The first kappa shape index (κ1) is 9.73. The average molecular weight is 272 g/mol. The number of aromatic nitrogens is 2. The van der Waals surface area contributed by atoms with E-state index >= 15 is 0 Å². The molecule has 74 valence electrons. The van der Waals surface area contributed by atoms with Crippen LogP contribution >= 0.6 is 27.3 Å². The second-order valence-corrected chi connectivity index (χ2v) is 5.30. The third-order valence-corrected chi connectivity index (χ3v) is 3.97. The maximum absolute atomic E-state index is 5.72. The normalized spacial score (nSPS) is 10.7. The van der Waals surface area contributed by atoms with Crippen LogP contribution in [0.2, 0.25) is 0 Å². The zero-order chi connectivity index (χ0) is 10.1. The van der Waals surface area contributed by atoms with Crippen LogP contribution < -0.4 is 5.73 Å². The number of nitrogens with two attached hydrogens (primary N) is 1. The molecule has 0 aliphatic heterocycles. The second kappa shape index (κ2) is 3.74. The summed E-state index contributed by atoms with van der Waals surface area (Å²) in [4.78, 5) is 0. The molecule has 0 radical (unpaired) electrons. The lowest BCUT2D eigenvalue weighted by Crippen LogP contribution is -2.03. The van der Waals surface area contributed by atoms with Crippen molar-refractivity contribution in [3.8, 4) is 0 Å². The Labute approximate surface area is 94.7 Å². The number of hydrogen-bond acceptors (Lipinski definition) is 3. The van der Waals surface area contributed by atoms with Gasteiger partial charge in [-0.05, 0) is 39.9 Å². The molecule has 0 atom stereocenters. The van der Waals surface area contributed by atoms with E-state index in [9.17, 15) is 0 Å². The molecule has 0 bridgehead atoms. The standard InChI is InChI=1S/C9H10BrN3S/c1-6-8(11)4-12-13(6)5-7-2-3-14-9(7)10/h2-4H,5,11H2,1H3. The number of nitrogens with zero attached hydrogens (tertiary/aromatic N) is 2. The summed E-state index contributed by atoms with van der Waals surface area (Å²) in [6, 6.07) is 2.09. The van der Waals surface area contributed by atoms with Gasteiger partial charge in [0.05, 0.1) is 27.9 Å². The number of anilines is 1. The molecule has 0 fully saturated rings. The highest BCUT2D eigenvalue weighted by Gasteiger charge is 2.06. The van der Waals surface area contributed by atoms with Gasteiger partial charge in [0, 0.05) is 0 Å². The van der Waals surface area contributed by atoms with Crippen LogP contribution in [0.15, 0.2) is 21.4 Å². The fraction of sp³-hybridized carbons (Fsp3) is 0.222. The number of hydrogen-bond donors (Lipinski definition) is 1. The minimum Gasteiger partial charge on any atom is -0.396 e. The number of thiophene rings is 1. The molecular weight excluding hydrogens is 262 g/mol. The summed E-state index contributed by atoms with van der Waals surface area (Å²) in [6.07, 6.45) is 1.69. The molecule has 0 saturated carbocycles. The highest BCUT2D eigenvalue weighted by molar-refractivity contribution is 9.11. The van der Waals surface area contributed by atoms with E-state index in [0.717, 1.165) is 21.7 Å². The van der Waals surface area contributed by atoms with E-state index in [1.807, 2.05) is 11.6 Å². The highest BCUT2D eigenvalue weighted by Crippen LogP contribution is 2.24. The Morgan fingerprint density at radius 2 is 2.43 bits per heavy atom. The Morgan fingerprint density at radius 1 is 1.64 bits per heavy atom. The van der Waals surface area contributed by atoms with E-state index in [1.54, 1.807) is 17.5 Å². The maximum Gasteiger partial charge on any atom is 0.0749 e. The smallest absolute Gasteiger partial charge is 0.0749 e. The minimum absolute atomic E-state index is 0.747. The van der Waals surface area contributed by atoms with Crippen LogP contribution in [0.4, 0.5) is 5.69 Å². The maximum atomic E-state index is 5.72. The van der Waals surface area contributed by atoms with Crippen molar-refractivity contribution in [3.05, 3.63) is 32.7 Å². The van der Waals surface area contributed by atoms with Gasteiger partial charge in [0.15, 0.2) is 0 Å². The third kappa shape index (κ3) is 1.69. The third-order valence-electron chi connectivity index (χ3n) is 2.15. The summed E-state index contributed by atoms with van der Waals surface area (Å²) >= 11 is 5.18. The molecule has 0 aromatic carbocycles. The van der Waals surface area contributed by atoms with E-state index in [-0.39, 0.29) is 0 Å². The SMILES string of the molecule is Cc1c(N)cnn1Cc1ccsc1Br. The molecule has 0 aliphatic rings. The van der Waals surface area contributed by atoms with Crippen LogP contribution in [0.25, 0.3) is 0 Å². The molecule has 2 aromatic heterocycles. The number of nitrogen functional groups attached to an aromatic ring is 1. The molecule has 14 heavy (non-hydrogen) atoms. The lowest BCUT2D eigenvalue weighted by atomic mass is 10.3. The summed E-state index contributed by atoms with van der Waals surface area (Å²) in [6.45, 7) is 2.75. The van der Waals surface area contributed by atoms with Gasteiger partial charge < -0.3 is 5.73 Å². The van der Waals surface area contributed by atoms with Crippen molar-refractivity contribution >= 4 is 33.0 Å². The van der Waals surface area contributed by atoms with Crippen LogP contribution in [-0.4, -0.2) is 9.78 Å². The van der Waals surface area contributed by atoms with Crippen molar-refractivity contribution in [2.45, 2.75) is 13.5 Å². The van der Waals surface area contributed by atoms with Gasteiger partial charge in [0.2, 0.25) is 0 Å². The first-order valence-electron chi connectivity index (χ1n) is 4.18. The van der Waals surface area contributed by atoms with Crippen LogP contribution in [0.5, 0.6) is 0 Å². The molecule has 0 amide bonds. The van der Waals surface area contributed by atoms with Gasteiger partial charge in [0.1, 0.15) is 0 Å². The summed E-state index contributed by atoms with van der Waals surface area (Å²) in [5.74, 6) is 0. The van der Waals surface area contributed by atoms with Gasteiger partial charge in [-0.25, -0.2) is 0 Å². The molecule has 3 nitrogen and oxygen atoms in total. The fourth-order valence-corrected chi connectivity index (χ4v) is 2.43. The molecule has 5 heteroatoms. The predicted octanol–water partition coefficient (Wildman–Crippen LogP) is 2.65. The van der Waals surface area contributed by atoms with Crippen molar-refractivity contribution in [2.75, 3.05) is 5.73 Å². The lowest BCUT2D eigenvalue weighted by Gasteiger charge is -2.03. The Kier molecular flexibility index (Phi) is 2.60. The van der Waals surface area contributed by atoms with Crippen molar-refractivity contribution in [3.63, 3.8) is 0 Å². The summed E-state index contributed by atoms with van der Waals surface area (Å²) in [7, 11) is 0. The van der Waals surface area contributed by atoms with E-state index < -0.39 is 0 Å². The Balaban J connectivity index is 2.27. The zero-order valence-corrected chi connectivity index (χ0v) is 10.1. The van der Waals surface area contributed by atoms with Crippen LogP contribution in [0.1, 0.15) is 11.3 Å². The van der Waals surface area contributed by atoms with Gasteiger partial charge in [-0.1, -0.05) is 0 Å². The van der Waals surface area contributed by atoms with Gasteiger partial charge in [-0.2, -0.15) is 5.10 Å². The molecule has 0 unspecified atom stereocenters. The van der Waals surface area contributed by atoms with Crippen molar-refractivity contribution in [2.24, 2.45) is 0 Å². The van der Waals surface area contributed by atoms with E-state index in [1.165, 1.54) is 5.56 Å². The largest absolute Gasteiger partial charge is 0.396 e. The van der Waals surface area contributed by atoms with Crippen molar-refractivity contribution in [1.29, 1.82) is 0 Å². The minimum atomic E-state index is 0.747. The Bertz CT molecular complexity index is 447. The monoisotopic (exact) mass is 271 g/mol. The van der Waals surface area contributed by atoms with Crippen LogP contribution in [-0.2, 0) is 6.54 Å². The Morgan fingerprint density at radius 3 is 2.93 bits per heavy atom.